The van der Waals surface area contributed by atoms with Crippen LogP contribution in [0.15, 0.2) is 12.1 Å². The minimum Gasteiger partial charge on any atom is -0.330 e. The van der Waals surface area contributed by atoms with E-state index in [4.69, 9.17) is 5.73 Å². The van der Waals surface area contributed by atoms with Crippen LogP contribution in [-0.2, 0) is 6.54 Å². The lowest BCUT2D eigenvalue weighted by atomic mass is 9.95. The zero-order valence-corrected chi connectivity index (χ0v) is 11.2. The van der Waals surface area contributed by atoms with Crippen LogP contribution >= 0.6 is 11.3 Å². The summed E-state index contributed by atoms with van der Waals surface area (Å²) >= 11 is 1.28. The number of piperidine rings is 1. The predicted molar refractivity (Wildman–Crippen MR) is 72.6 cm³/mol. The van der Waals surface area contributed by atoms with Crippen LogP contribution < -0.4 is 5.73 Å². The molecule has 100 valence electrons. The molecule has 2 N–H and O–H groups in total. The second-order valence-corrected chi connectivity index (χ2v) is 5.96. The summed E-state index contributed by atoms with van der Waals surface area (Å²) in [5, 5.41) is 10.9. The number of nitrogens with two attached hydrogens (primary N) is 1. The summed E-state index contributed by atoms with van der Waals surface area (Å²) in [6.45, 7) is 3.75. The standard InChI is InChI=1S/C12H19N3O2S/c13-6-5-10-2-1-7-14(8-10)9-11-3-4-12(18-11)15(16)17/h3-4,10H,1-2,5-9,13H2. The van der Waals surface area contributed by atoms with Crippen molar-refractivity contribution in [1.82, 2.24) is 4.90 Å². The summed E-state index contributed by atoms with van der Waals surface area (Å²) in [7, 11) is 0. The van der Waals surface area contributed by atoms with Crippen LogP contribution in [0.5, 0.6) is 0 Å². The van der Waals surface area contributed by atoms with Crippen LogP contribution in [0.25, 0.3) is 0 Å². The van der Waals surface area contributed by atoms with Gasteiger partial charge < -0.3 is 5.73 Å². The molecule has 0 radical (unpaired) electrons. The lowest BCUT2D eigenvalue weighted by molar-refractivity contribution is -0.380. The number of likely N-dealkylation sites (tertiary alicyclic amines) is 1. The predicted octanol–water partition coefficient (Wildman–Crippen LogP) is 2.22. The van der Waals surface area contributed by atoms with Crippen molar-refractivity contribution in [1.29, 1.82) is 0 Å². The maximum Gasteiger partial charge on any atom is 0.324 e. The van der Waals surface area contributed by atoms with Crippen LogP contribution in [0.2, 0.25) is 0 Å². The SMILES string of the molecule is NCCC1CCCN(Cc2ccc([N+](=O)[O-])s2)C1. The topological polar surface area (TPSA) is 72.4 Å². The summed E-state index contributed by atoms with van der Waals surface area (Å²) in [6.07, 6.45) is 3.55. The Morgan fingerprint density at radius 3 is 3.06 bits per heavy atom. The van der Waals surface area contributed by atoms with Gasteiger partial charge in [0.05, 0.1) is 4.92 Å². The molecular formula is C12H19N3O2S. The molecule has 18 heavy (non-hydrogen) atoms. The second kappa shape index (κ2) is 6.26. The lowest BCUT2D eigenvalue weighted by Gasteiger charge is -2.32. The molecule has 1 aliphatic heterocycles. The Balaban J connectivity index is 1.89. The molecule has 0 aromatic carbocycles. The molecule has 2 rings (SSSR count). The van der Waals surface area contributed by atoms with Gasteiger partial charge in [0.2, 0.25) is 0 Å². The Bertz CT molecular complexity index is 406. The molecule has 5 nitrogen and oxygen atoms in total. The minimum atomic E-state index is -0.318. The van der Waals surface area contributed by atoms with E-state index in [1.807, 2.05) is 6.07 Å². The summed E-state index contributed by atoms with van der Waals surface area (Å²) in [5.41, 5.74) is 5.60. The van der Waals surface area contributed by atoms with Crippen LogP contribution in [0.1, 0.15) is 24.1 Å². The van der Waals surface area contributed by atoms with E-state index in [1.165, 1.54) is 24.2 Å². The lowest BCUT2D eigenvalue weighted by Crippen LogP contribution is -2.35. The number of hydrogen-bond donors (Lipinski definition) is 1. The van der Waals surface area contributed by atoms with E-state index in [1.54, 1.807) is 6.07 Å². The van der Waals surface area contributed by atoms with Crippen LogP contribution in [0.4, 0.5) is 5.00 Å². The van der Waals surface area contributed by atoms with Gasteiger partial charge in [-0.25, -0.2) is 0 Å². The average Bonchev–Trinajstić information content (AvgIpc) is 2.78. The van der Waals surface area contributed by atoms with Gasteiger partial charge in [-0.3, -0.25) is 15.0 Å². The van der Waals surface area contributed by atoms with Gasteiger partial charge in [0.25, 0.3) is 0 Å². The Morgan fingerprint density at radius 1 is 1.56 bits per heavy atom. The van der Waals surface area contributed by atoms with Gasteiger partial charge in [-0.15, -0.1) is 0 Å². The first kappa shape index (κ1) is 13.5. The number of rotatable bonds is 5. The third-order valence-corrected chi connectivity index (χ3v) is 4.41. The monoisotopic (exact) mass is 269 g/mol. The van der Waals surface area contributed by atoms with E-state index in [2.05, 4.69) is 4.90 Å². The third-order valence-electron chi connectivity index (χ3n) is 3.38. The van der Waals surface area contributed by atoms with E-state index < -0.39 is 0 Å². The van der Waals surface area contributed by atoms with Gasteiger partial charge in [-0.2, -0.15) is 0 Å². The Hall–Kier alpha value is -0.980. The highest BCUT2D eigenvalue weighted by Crippen LogP contribution is 2.27. The smallest absolute Gasteiger partial charge is 0.324 e. The summed E-state index contributed by atoms with van der Waals surface area (Å²) in [4.78, 5) is 13.8. The fourth-order valence-corrected chi connectivity index (χ4v) is 3.40. The third kappa shape index (κ3) is 3.51. The van der Waals surface area contributed by atoms with Gasteiger partial charge in [-0.1, -0.05) is 11.3 Å². The van der Waals surface area contributed by atoms with Crippen LogP contribution in [-0.4, -0.2) is 29.5 Å². The molecule has 0 amide bonds. The highest BCUT2D eigenvalue weighted by atomic mass is 32.1. The molecule has 1 aromatic rings. The molecule has 0 saturated carbocycles. The first-order valence-corrected chi connectivity index (χ1v) is 7.16. The summed E-state index contributed by atoms with van der Waals surface area (Å²) < 4.78 is 0. The number of thiophene rings is 1. The number of hydrogen-bond acceptors (Lipinski definition) is 5. The molecule has 1 atom stereocenters. The normalized spacial score (nSPS) is 21.1. The summed E-state index contributed by atoms with van der Waals surface area (Å²) in [5.74, 6) is 0.693. The van der Waals surface area contributed by atoms with Crippen LogP contribution in [0.3, 0.4) is 0 Å². The number of nitro groups is 1. The van der Waals surface area contributed by atoms with Crippen LogP contribution in [0, 0.1) is 16.0 Å². The Kier molecular flexibility index (Phi) is 4.68. The summed E-state index contributed by atoms with van der Waals surface area (Å²) in [6, 6.07) is 3.47. The number of nitrogens with zero attached hydrogens (tertiary/aromatic N) is 2. The van der Waals surface area contributed by atoms with E-state index in [0.717, 1.165) is 37.5 Å². The highest BCUT2D eigenvalue weighted by Gasteiger charge is 2.20. The molecular weight excluding hydrogens is 250 g/mol. The molecule has 0 bridgehead atoms. The van der Waals surface area contributed by atoms with Gasteiger partial charge >= 0.3 is 5.00 Å². The molecule has 0 spiro atoms. The Labute approximate surface area is 111 Å². The first-order chi connectivity index (χ1) is 8.69. The first-order valence-electron chi connectivity index (χ1n) is 6.34. The fourth-order valence-electron chi connectivity index (χ4n) is 2.54. The van der Waals surface area contributed by atoms with E-state index in [0.29, 0.717) is 5.92 Å². The van der Waals surface area contributed by atoms with Crippen molar-refractivity contribution in [3.05, 3.63) is 27.1 Å². The molecule has 1 aromatic heterocycles. The van der Waals surface area contributed by atoms with Gasteiger partial charge in [0.15, 0.2) is 0 Å². The zero-order valence-electron chi connectivity index (χ0n) is 10.4. The minimum absolute atomic E-state index is 0.237. The van der Waals surface area contributed by atoms with Gasteiger partial charge in [0.1, 0.15) is 0 Å². The van der Waals surface area contributed by atoms with Crippen molar-refractivity contribution >= 4 is 16.3 Å². The van der Waals surface area contributed by atoms with Crippen molar-refractivity contribution in [2.45, 2.75) is 25.8 Å². The maximum absolute atomic E-state index is 10.6. The van der Waals surface area contributed by atoms with Crippen molar-refractivity contribution < 1.29 is 4.92 Å². The quantitative estimate of drug-likeness (QED) is 0.657. The maximum atomic E-state index is 10.6. The van der Waals surface area contributed by atoms with Gasteiger partial charge in [0, 0.05) is 24.0 Å². The van der Waals surface area contributed by atoms with Crippen molar-refractivity contribution in [2.24, 2.45) is 11.7 Å². The van der Waals surface area contributed by atoms with Crippen molar-refractivity contribution in [3.63, 3.8) is 0 Å². The fraction of sp³-hybridized carbons (Fsp3) is 0.667. The van der Waals surface area contributed by atoms with Gasteiger partial charge in [-0.05, 0) is 44.3 Å². The average molecular weight is 269 g/mol. The zero-order chi connectivity index (χ0) is 13.0. The molecule has 1 unspecified atom stereocenters. The molecule has 6 heteroatoms. The molecule has 1 aliphatic rings. The van der Waals surface area contributed by atoms with Crippen molar-refractivity contribution in [3.8, 4) is 0 Å². The highest BCUT2D eigenvalue weighted by molar-refractivity contribution is 7.15. The Morgan fingerprint density at radius 2 is 2.39 bits per heavy atom. The van der Waals surface area contributed by atoms with E-state index in [9.17, 15) is 10.1 Å². The largest absolute Gasteiger partial charge is 0.330 e. The molecule has 1 fully saturated rings. The molecule has 0 aliphatic carbocycles. The second-order valence-electron chi connectivity index (χ2n) is 4.82. The van der Waals surface area contributed by atoms with Crippen molar-refractivity contribution in [2.75, 3.05) is 19.6 Å². The van der Waals surface area contributed by atoms with E-state index >= 15 is 0 Å². The molecule has 2 heterocycles. The van der Waals surface area contributed by atoms with E-state index in [-0.39, 0.29) is 9.92 Å². The molecule has 1 saturated heterocycles.